The fourth-order valence-electron chi connectivity index (χ4n) is 2.20. The summed E-state index contributed by atoms with van der Waals surface area (Å²) >= 11 is 14.5. The summed E-state index contributed by atoms with van der Waals surface area (Å²) in [4.78, 5) is 4.47. The maximum Gasteiger partial charge on any atom is 0.140 e. The lowest BCUT2D eigenvalue weighted by Crippen LogP contribution is -2.26. The predicted octanol–water partition coefficient (Wildman–Crippen LogP) is 6.00. The quantitative estimate of drug-likeness (QED) is 0.346. The number of rotatable bonds is 9. The van der Waals surface area contributed by atoms with Gasteiger partial charge in [0.1, 0.15) is 8.64 Å². The van der Waals surface area contributed by atoms with Crippen LogP contribution in [-0.4, -0.2) is 44.6 Å². The molecule has 2 nitrogen and oxygen atoms in total. The molecule has 140 valence electrons. The van der Waals surface area contributed by atoms with Gasteiger partial charge in [0.15, 0.2) is 0 Å². The topological polar surface area (TPSA) is 6.48 Å². The van der Waals surface area contributed by atoms with Crippen molar-refractivity contribution in [1.29, 1.82) is 0 Å². The molecular formula is C18H29N2PS4. The molecule has 1 atom stereocenters. The molecule has 1 aromatic rings. The van der Waals surface area contributed by atoms with E-state index in [4.69, 9.17) is 24.4 Å². The Morgan fingerprint density at radius 3 is 1.84 bits per heavy atom. The average Bonchev–Trinajstić information content (AvgIpc) is 2.63. The maximum absolute atomic E-state index is 5.49. The summed E-state index contributed by atoms with van der Waals surface area (Å²) in [5.74, 6) is 0.943. The van der Waals surface area contributed by atoms with Crippen molar-refractivity contribution < 1.29 is 0 Å². The zero-order chi connectivity index (χ0) is 18.7. The first-order valence-corrected chi connectivity index (χ1v) is 13.3. The van der Waals surface area contributed by atoms with Crippen molar-refractivity contribution >= 4 is 64.0 Å². The van der Waals surface area contributed by atoms with Gasteiger partial charge in [0.05, 0.1) is 0 Å². The molecule has 0 saturated carbocycles. The van der Waals surface area contributed by atoms with Crippen LogP contribution in [0.4, 0.5) is 0 Å². The van der Waals surface area contributed by atoms with Crippen LogP contribution in [0, 0.1) is 0 Å². The zero-order valence-electron chi connectivity index (χ0n) is 15.6. The Morgan fingerprint density at radius 2 is 1.32 bits per heavy atom. The Hall–Kier alpha value is 0.130. The van der Waals surface area contributed by atoms with Gasteiger partial charge in [-0.15, -0.1) is 0 Å². The largest absolute Gasteiger partial charge is 0.358 e. The molecule has 1 unspecified atom stereocenters. The van der Waals surface area contributed by atoms with Crippen molar-refractivity contribution in [3.8, 4) is 0 Å². The van der Waals surface area contributed by atoms with Gasteiger partial charge in [-0.05, 0) is 52.8 Å². The Bertz CT molecular complexity index is 528. The molecule has 0 saturated heterocycles. The van der Waals surface area contributed by atoms with Crippen molar-refractivity contribution in [2.45, 2.75) is 39.6 Å². The van der Waals surface area contributed by atoms with E-state index in [1.165, 1.54) is 11.1 Å². The molecule has 0 aliphatic heterocycles. The minimum atomic E-state index is 0.780. The Kier molecular flexibility index (Phi) is 12.3. The van der Waals surface area contributed by atoms with Gasteiger partial charge in [0, 0.05) is 31.9 Å². The van der Waals surface area contributed by atoms with Crippen LogP contribution in [0.3, 0.4) is 0 Å². The van der Waals surface area contributed by atoms with Gasteiger partial charge in [-0.3, -0.25) is 0 Å². The minimum absolute atomic E-state index is 0.780. The van der Waals surface area contributed by atoms with E-state index < -0.39 is 0 Å². The van der Waals surface area contributed by atoms with E-state index in [1.807, 2.05) is 11.4 Å². The highest BCUT2D eigenvalue weighted by molar-refractivity contribution is 8.60. The highest BCUT2D eigenvalue weighted by Crippen LogP contribution is 2.35. The van der Waals surface area contributed by atoms with Crippen LogP contribution < -0.4 is 0 Å². The number of hydrogen-bond donors (Lipinski definition) is 0. The molecule has 0 radical (unpaired) electrons. The summed E-state index contributed by atoms with van der Waals surface area (Å²) in [6, 6.07) is 8.94. The van der Waals surface area contributed by atoms with E-state index >= 15 is 0 Å². The third-order valence-corrected chi connectivity index (χ3v) is 8.99. The van der Waals surface area contributed by atoms with Crippen LogP contribution in [0.1, 0.15) is 38.8 Å². The fourth-order valence-corrected chi connectivity index (χ4v) is 6.81. The van der Waals surface area contributed by atoms with Gasteiger partial charge in [-0.25, -0.2) is 0 Å². The number of nitrogens with zero attached hydrogens (tertiary/aromatic N) is 2. The molecular weight excluding hydrogens is 403 g/mol. The lowest BCUT2D eigenvalue weighted by molar-refractivity contribution is 0.482. The molecule has 0 aromatic heterocycles. The Balaban J connectivity index is 2.39. The van der Waals surface area contributed by atoms with Crippen molar-refractivity contribution in [3.05, 3.63) is 35.4 Å². The number of thioether (sulfide) groups is 1. The lowest BCUT2D eigenvalue weighted by atomic mass is 10.2. The van der Waals surface area contributed by atoms with E-state index in [0.717, 1.165) is 54.5 Å². The Morgan fingerprint density at radius 1 is 0.840 bits per heavy atom. The highest BCUT2D eigenvalue weighted by atomic mass is 32.7. The second-order valence-corrected chi connectivity index (χ2v) is 10.4. The number of benzene rings is 1. The van der Waals surface area contributed by atoms with Crippen LogP contribution in [-0.2, 0) is 11.9 Å². The maximum atomic E-state index is 5.49. The van der Waals surface area contributed by atoms with Crippen molar-refractivity contribution in [3.63, 3.8) is 0 Å². The molecule has 0 aliphatic rings. The van der Waals surface area contributed by atoms with Crippen LogP contribution in [0.15, 0.2) is 24.3 Å². The third kappa shape index (κ3) is 8.57. The first kappa shape index (κ1) is 23.2. The zero-order valence-corrected chi connectivity index (χ0v) is 19.8. The monoisotopic (exact) mass is 432 g/mol. The van der Waals surface area contributed by atoms with Crippen LogP contribution in [0.5, 0.6) is 0 Å². The molecule has 0 heterocycles. The number of hydrogen-bond acceptors (Lipinski definition) is 4. The van der Waals surface area contributed by atoms with Gasteiger partial charge in [-0.2, -0.15) is 0 Å². The molecule has 0 aliphatic carbocycles. The standard InChI is InChI=1S/C18H29N2PS4/c1-5-19(6-2)17(22)24-14-16-11-9-15(10-12-16)13-21-25-18(23)20(7-3)8-4/h9-12,21H,5-8,13-14H2,1-4H3. The first-order valence-electron chi connectivity index (χ1n) is 8.73. The number of thiocarbonyl (C=S) groups is 2. The summed E-state index contributed by atoms with van der Waals surface area (Å²) in [6.45, 7) is 12.6. The summed E-state index contributed by atoms with van der Waals surface area (Å²) in [7, 11) is 0.780. The van der Waals surface area contributed by atoms with E-state index in [1.54, 1.807) is 11.8 Å². The van der Waals surface area contributed by atoms with Crippen LogP contribution in [0.25, 0.3) is 0 Å². The molecule has 0 amide bonds. The molecule has 7 heteroatoms. The summed E-state index contributed by atoms with van der Waals surface area (Å²) in [5, 5.41) is 0. The van der Waals surface area contributed by atoms with Crippen molar-refractivity contribution in [2.24, 2.45) is 0 Å². The Labute approximate surface area is 174 Å². The average molecular weight is 433 g/mol. The summed E-state index contributed by atoms with van der Waals surface area (Å²) < 4.78 is 2.03. The SMILES string of the molecule is CCN(CC)C(=S)SCc1ccc(CPSC(=S)N(CC)CC)cc1. The molecule has 0 spiro atoms. The van der Waals surface area contributed by atoms with Gasteiger partial charge in [-0.1, -0.05) is 71.8 Å². The molecule has 0 N–H and O–H groups in total. The third-order valence-electron chi connectivity index (χ3n) is 3.86. The molecule has 1 aromatic carbocycles. The molecule has 25 heavy (non-hydrogen) atoms. The van der Waals surface area contributed by atoms with Gasteiger partial charge >= 0.3 is 0 Å². The predicted molar refractivity (Wildman–Crippen MR) is 128 cm³/mol. The van der Waals surface area contributed by atoms with E-state index in [0.29, 0.717) is 0 Å². The fraction of sp³-hybridized carbons (Fsp3) is 0.556. The molecule has 1 rings (SSSR count). The van der Waals surface area contributed by atoms with E-state index in [9.17, 15) is 0 Å². The normalized spacial score (nSPS) is 11.0. The molecule has 0 fully saturated rings. The second-order valence-electron chi connectivity index (χ2n) is 5.40. The van der Waals surface area contributed by atoms with E-state index in [-0.39, 0.29) is 0 Å². The first-order chi connectivity index (χ1) is 12.0. The van der Waals surface area contributed by atoms with Crippen molar-refractivity contribution in [1.82, 2.24) is 9.80 Å². The summed E-state index contributed by atoms with van der Waals surface area (Å²) in [6.07, 6.45) is 1.08. The van der Waals surface area contributed by atoms with Crippen LogP contribution in [0.2, 0.25) is 0 Å². The smallest absolute Gasteiger partial charge is 0.140 e. The van der Waals surface area contributed by atoms with Gasteiger partial charge in [0.25, 0.3) is 0 Å². The van der Waals surface area contributed by atoms with Crippen molar-refractivity contribution in [2.75, 3.05) is 26.2 Å². The lowest BCUT2D eigenvalue weighted by Gasteiger charge is -2.21. The molecule has 0 bridgehead atoms. The van der Waals surface area contributed by atoms with Crippen LogP contribution >= 0.6 is 55.4 Å². The minimum Gasteiger partial charge on any atom is -0.358 e. The summed E-state index contributed by atoms with van der Waals surface area (Å²) in [5.41, 5.74) is 2.71. The van der Waals surface area contributed by atoms with E-state index in [2.05, 4.69) is 61.8 Å². The van der Waals surface area contributed by atoms with Gasteiger partial charge < -0.3 is 9.80 Å². The van der Waals surface area contributed by atoms with Gasteiger partial charge in [0.2, 0.25) is 0 Å². The second kappa shape index (κ2) is 13.3. The highest BCUT2D eigenvalue weighted by Gasteiger charge is 2.07.